The van der Waals surface area contributed by atoms with Crippen LogP contribution in [0, 0.1) is 5.82 Å². The third kappa shape index (κ3) is 5.00. The zero-order chi connectivity index (χ0) is 23.1. The second-order valence-corrected chi connectivity index (χ2v) is 12.0. The molecule has 1 saturated heterocycles. The molecule has 11 heteroatoms. The number of benzene rings is 2. The Kier molecular flexibility index (Phi) is 6.64. The van der Waals surface area contributed by atoms with Crippen molar-refractivity contribution in [2.75, 3.05) is 17.8 Å². The van der Waals surface area contributed by atoms with E-state index in [1.807, 2.05) is 6.92 Å². The van der Waals surface area contributed by atoms with Crippen LogP contribution in [0.3, 0.4) is 0 Å². The number of rotatable bonds is 6. The first-order chi connectivity index (χ1) is 15.1. The normalized spacial score (nSPS) is 18.7. The highest BCUT2D eigenvalue weighted by atomic mass is 35.5. The van der Waals surface area contributed by atoms with Crippen molar-refractivity contribution in [1.82, 2.24) is 5.32 Å². The Labute approximate surface area is 204 Å². The van der Waals surface area contributed by atoms with Crippen molar-refractivity contribution >= 4 is 61.9 Å². The monoisotopic (exact) mass is 534 g/mol. The van der Waals surface area contributed by atoms with Gasteiger partial charge >= 0.3 is 0 Å². The maximum Gasteiger partial charge on any atom is 0.271 e. The zero-order valence-electron chi connectivity index (χ0n) is 16.7. The predicted octanol–water partition coefficient (Wildman–Crippen LogP) is 6.45. The maximum absolute atomic E-state index is 13.5. The third-order valence-electron chi connectivity index (χ3n) is 5.03. The van der Waals surface area contributed by atoms with E-state index in [0.29, 0.717) is 34.1 Å². The van der Waals surface area contributed by atoms with Crippen molar-refractivity contribution in [3.8, 4) is 16.9 Å². The predicted molar refractivity (Wildman–Crippen MR) is 129 cm³/mol. The van der Waals surface area contributed by atoms with E-state index in [2.05, 4.69) is 10.0 Å². The molecule has 1 atom stereocenters. The Balaban J connectivity index is 1.60. The number of hydrogen-bond acceptors (Lipinski definition) is 5. The molecule has 0 radical (unpaired) electrons. The Morgan fingerprint density at radius 1 is 1.12 bits per heavy atom. The summed E-state index contributed by atoms with van der Waals surface area (Å²) in [7, 11) is -3.95. The number of sulfonamides is 1. The number of thiophene rings is 1. The standard InChI is InChI=1S/C21H18Cl3FN2O3S2/c1-21(6-7-26-11-21)30-18-9-13(3-4-15(18)22)27-32(28,29)19-10-14(20(24)31-19)12-2-5-17(25)16(23)8-12/h2-5,8-10,26-27H,6-7,11H2,1H3/t21-/m0/s1. The molecule has 1 aliphatic heterocycles. The van der Waals surface area contributed by atoms with Gasteiger partial charge in [-0.05, 0) is 49.4 Å². The van der Waals surface area contributed by atoms with Crippen LogP contribution in [0.1, 0.15) is 13.3 Å². The lowest BCUT2D eigenvalue weighted by atomic mass is 10.1. The Morgan fingerprint density at radius 2 is 1.91 bits per heavy atom. The number of nitrogens with one attached hydrogen (secondary N) is 2. The number of hydrogen-bond donors (Lipinski definition) is 2. The fraction of sp³-hybridized carbons (Fsp3) is 0.238. The summed E-state index contributed by atoms with van der Waals surface area (Å²) >= 11 is 19.3. The average molecular weight is 536 g/mol. The Morgan fingerprint density at radius 3 is 2.59 bits per heavy atom. The minimum atomic E-state index is -3.95. The topological polar surface area (TPSA) is 67.4 Å². The van der Waals surface area contributed by atoms with Gasteiger partial charge in [0.05, 0.1) is 15.7 Å². The number of anilines is 1. The van der Waals surface area contributed by atoms with Gasteiger partial charge in [-0.2, -0.15) is 0 Å². The van der Waals surface area contributed by atoms with E-state index in [0.717, 1.165) is 24.3 Å². The van der Waals surface area contributed by atoms with Crippen LogP contribution in [0.5, 0.6) is 5.75 Å². The highest BCUT2D eigenvalue weighted by Gasteiger charge is 2.31. The fourth-order valence-electron chi connectivity index (χ4n) is 3.34. The van der Waals surface area contributed by atoms with Gasteiger partial charge in [0.2, 0.25) is 0 Å². The molecule has 3 aromatic rings. The molecule has 0 spiro atoms. The van der Waals surface area contributed by atoms with Gasteiger partial charge in [0.25, 0.3) is 10.0 Å². The Hall–Kier alpha value is -1.55. The van der Waals surface area contributed by atoms with Crippen LogP contribution in [0.2, 0.25) is 14.4 Å². The molecule has 0 amide bonds. The molecule has 1 aromatic heterocycles. The fourth-order valence-corrected chi connectivity index (χ4v) is 6.49. The van der Waals surface area contributed by atoms with Crippen molar-refractivity contribution in [3.05, 3.63) is 62.7 Å². The smallest absolute Gasteiger partial charge is 0.271 e. The van der Waals surface area contributed by atoms with Crippen molar-refractivity contribution in [2.45, 2.75) is 23.2 Å². The van der Waals surface area contributed by atoms with Crippen LogP contribution in [0.4, 0.5) is 10.1 Å². The lowest BCUT2D eigenvalue weighted by Crippen LogP contribution is -2.34. The summed E-state index contributed by atoms with van der Waals surface area (Å²) in [4.78, 5) is 0. The minimum Gasteiger partial charge on any atom is -0.485 e. The lowest BCUT2D eigenvalue weighted by Gasteiger charge is -2.25. The zero-order valence-corrected chi connectivity index (χ0v) is 20.6. The Bertz CT molecular complexity index is 1280. The highest BCUT2D eigenvalue weighted by molar-refractivity contribution is 7.94. The molecule has 32 heavy (non-hydrogen) atoms. The second-order valence-electron chi connectivity index (χ2n) is 7.61. The first kappa shape index (κ1) is 23.6. The quantitative estimate of drug-likeness (QED) is 0.381. The first-order valence-corrected chi connectivity index (χ1v) is 13.0. The molecule has 1 aliphatic rings. The van der Waals surface area contributed by atoms with Crippen LogP contribution in [0.15, 0.2) is 46.7 Å². The molecule has 5 nitrogen and oxygen atoms in total. The van der Waals surface area contributed by atoms with Crippen LogP contribution in [0.25, 0.3) is 11.1 Å². The molecule has 2 N–H and O–H groups in total. The van der Waals surface area contributed by atoms with Gasteiger partial charge in [0.15, 0.2) is 0 Å². The van der Waals surface area contributed by atoms with Crippen molar-refractivity contribution < 1.29 is 17.5 Å². The van der Waals surface area contributed by atoms with Gasteiger partial charge in [-0.15, -0.1) is 11.3 Å². The van der Waals surface area contributed by atoms with Crippen LogP contribution >= 0.6 is 46.1 Å². The second kappa shape index (κ2) is 9.00. The van der Waals surface area contributed by atoms with Gasteiger partial charge in [-0.3, -0.25) is 4.72 Å². The minimum absolute atomic E-state index is 0.00215. The van der Waals surface area contributed by atoms with Gasteiger partial charge < -0.3 is 10.1 Å². The van der Waals surface area contributed by atoms with E-state index in [-0.39, 0.29) is 13.6 Å². The van der Waals surface area contributed by atoms with E-state index < -0.39 is 21.4 Å². The summed E-state index contributed by atoms with van der Waals surface area (Å²) in [6.07, 6.45) is 0.809. The van der Waals surface area contributed by atoms with E-state index >= 15 is 0 Å². The molecular weight excluding hydrogens is 518 g/mol. The summed E-state index contributed by atoms with van der Waals surface area (Å²) < 4.78 is 48.3. The lowest BCUT2D eigenvalue weighted by molar-refractivity contribution is 0.111. The van der Waals surface area contributed by atoms with Crippen molar-refractivity contribution in [3.63, 3.8) is 0 Å². The van der Waals surface area contributed by atoms with E-state index in [1.54, 1.807) is 18.2 Å². The van der Waals surface area contributed by atoms with Crippen LogP contribution in [-0.2, 0) is 10.0 Å². The van der Waals surface area contributed by atoms with E-state index in [1.165, 1.54) is 24.3 Å². The molecule has 0 saturated carbocycles. The summed E-state index contributed by atoms with van der Waals surface area (Å²) in [5, 5.41) is 3.54. The molecule has 170 valence electrons. The van der Waals surface area contributed by atoms with Gasteiger partial charge in [0.1, 0.15) is 25.7 Å². The third-order valence-corrected chi connectivity index (χ3v) is 8.84. The van der Waals surface area contributed by atoms with Crippen LogP contribution in [-0.4, -0.2) is 27.1 Å². The van der Waals surface area contributed by atoms with E-state index in [4.69, 9.17) is 39.5 Å². The number of ether oxygens (including phenoxy) is 1. The summed E-state index contributed by atoms with van der Waals surface area (Å²) in [5.41, 5.74) is 0.837. The molecular formula is C21H18Cl3FN2O3S2. The largest absolute Gasteiger partial charge is 0.485 e. The molecule has 0 bridgehead atoms. The van der Waals surface area contributed by atoms with Crippen molar-refractivity contribution in [2.24, 2.45) is 0 Å². The first-order valence-electron chi connectivity index (χ1n) is 9.53. The molecule has 4 rings (SSSR count). The van der Waals surface area contributed by atoms with Gasteiger partial charge in [0, 0.05) is 24.6 Å². The van der Waals surface area contributed by atoms with Gasteiger partial charge in [-0.1, -0.05) is 40.9 Å². The van der Waals surface area contributed by atoms with Crippen molar-refractivity contribution in [1.29, 1.82) is 0 Å². The maximum atomic E-state index is 13.5. The summed E-state index contributed by atoms with van der Waals surface area (Å²) in [6.45, 7) is 3.47. The molecule has 2 aromatic carbocycles. The van der Waals surface area contributed by atoms with Crippen LogP contribution < -0.4 is 14.8 Å². The molecule has 2 heterocycles. The summed E-state index contributed by atoms with van der Waals surface area (Å²) in [6, 6.07) is 10.2. The SMILES string of the molecule is C[C@]1(Oc2cc(NS(=O)(=O)c3cc(-c4ccc(F)c(Cl)c4)c(Cl)s3)ccc2Cl)CCNC1. The molecule has 1 fully saturated rings. The average Bonchev–Trinajstić information content (AvgIpc) is 3.33. The number of halogens is 4. The van der Waals surface area contributed by atoms with Gasteiger partial charge in [-0.25, -0.2) is 12.8 Å². The van der Waals surface area contributed by atoms with E-state index in [9.17, 15) is 12.8 Å². The molecule has 0 unspecified atom stereocenters. The highest BCUT2D eigenvalue weighted by Crippen LogP contribution is 2.40. The molecule has 0 aliphatic carbocycles. The summed E-state index contributed by atoms with van der Waals surface area (Å²) in [5.74, 6) is -0.178.